The van der Waals surface area contributed by atoms with Crippen molar-refractivity contribution in [1.82, 2.24) is 4.90 Å². The van der Waals surface area contributed by atoms with E-state index in [1.165, 1.54) is 26.8 Å². The molecule has 380 valence electrons. The van der Waals surface area contributed by atoms with Crippen molar-refractivity contribution in [3.63, 3.8) is 0 Å². The Kier molecular flexibility index (Phi) is 21.3. The predicted octanol–water partition coefficient (Wildman–Crippen LogP) is 4.98. The summed E-state index contributed by atoms with van der Waals surface area (Å²) in [6.07, 6.45) is -4.85. The van der Waals surface area contributed by atoms with Crippen molar-refractivity contribution in [2.75, 3.05) is 20.7 Å². The van der Waals surface area contributed by atoms with E-state index in [1.54, 1.807) is 100 Å². The number of esters is 5. The van der Waals surface area contributed by atoms with E-state index < -0.39 is 138 Å². The molecule has 0 radical (unpaired) electrons. The largest absolute Gasteiger partial charge is 0.465 e. The van der Waals surface area contributed by atoms with Crippen LogP contribution >= 0.6 is 0 Å². The van der Waals surface area contributed by atoms with Gasteiger partial charge in [-0.2, -0.15) is 0 Å². The number of aliphatic hydroxyl groups is 1. The normalized spacial score (nSPS) is 37.3. The van der Waals surface area contributed by atoms with Crippen LogP contribution in [0.5, 0.6) is 0 Å². The lowest BCUT2D eigenvalue weighted by molar-refractivity contribution is -0.343. The van der Waals surface area contributed by atoms with Gasteiger partial charge in [0, 0.05) is 51.4 Å². The number of carbonyl (C=O) groups is 7. The molecule has 3 aliphatic heterocycles. The van der Waals surface area contributed by atoms with Crippen molar-refractivity contribution in [2.45, 2.75) is 195 Å². The summed E-state index contributed by atoms with van der Waals surface area (Å²) in [5.74, 6) is -6.25. The lowest BCUT2D eigenvalue weighted by Crippen LogP contribution is -2.66. The molecule has 0 spiro atoms. The van der Waals surface area contributed by atoms with Crippen LogP contribution in [0.15, 0.2) is 23.8 Å². The molecule has 2 fully saturated rings. The maximum Gasteiger partial charge on any atom is 0.311 e. The standard InChI is InChI=1S/C49H77NO17/c1-16-37-35(25-59-31(7)52)21-26(2)17-18-36(55)27(3)22-34(19-20-51)42(28(4)38(62-32(8)53)23-39(56)64-37)66-46-44(63-33(9)54)41(50(14)15)43(29(5)61-46)65-40-24-49(13,58)45(30(6)60-40)67-47(57)48(10,11)12/h17-18,20-21,27-30,34-35,37-38,40-46,58H,16,19,22-25H2,1-15H3/b18-17+,26-21+. The lowest BCUT2D eigenvalue weighted by Gasteiger charge is -2.51. The highest BCUT2D eigenvalue weighted by Gasteiger charge is 2.54. The van der Waals surface area contributed by atoms with Crippen LogP contribution in [0.25, 0.3) is 0 Å². The molecule has 0 aromatic rings. The minimum absolute atomic E-state index is 0.0955. The van der Waals surface area contributed by atoms with Gasteiger partial charge in [-0.05, 0) is 87.4 Å². The number of rotatable bonds is 13. The zero-order chi connectivity index (χ0) is 50.7. The average Bonchev–Trinajstić information content (AvgIpc) is 3.20. The number of aldehydes is 1. The first-order chi connectivity index (χ1) is 31.1. The van der Waals surface area contributed by atoms with E-state index in [1.807, 2.05) is 0 Å². The average molecular weight is 952 g/mol. The fraction of sp³-hybridized carbons (Fsp3) is 0.776. The van der Waals surface area contributed by atoms with Crippen molar-refractivity contribution >= 4 is 41.9 Å². The summed E-state index contributed by atoms with van der Waals surface area (Å²) in [7, 11) is 3.50. The highest BCUT2D eigenvalue weighted by Crippen LogP contribution is 2.39. The first-order valence-corrected chi connectivity index (χ1v) is 23.3. The molecular weight excluding hydrogens is 875 g/mol. The number of allylic oxidation sites excluding steroid dienone is 3. The van der Waals surface area contributed by atoms with E-state index in [4.69, 9.17) is 42.6 Å². The van der Waals surface area contributed by atoms with Gasteiger partial charge in [0.1, 0.15) is 36.8 Å². The van der Waals surface area contributed by atoms with Gasteiger partial charge < -0.3 is 57.4 Å². The fourth-order valence-electron chi connectivity index (χ4n) is 9.02. The quantitative estimate of drug-likeness (QED) is 0.146. The molecule has 18 nitrogen and oxygen atoms in total. The van der Waals surface area contributed by atoms with E-state index in [0.717, 1.165) is 0 Å². The zero-order valence-corrected chi connectivity index (χ0v) is 42.1. The van der Waals surface area contributed by atoms with Crippen LogP contribution in [0.3, 0.4) is 0 Å². The van der Waals surface area contributed by atoms with Crippen molar-refractivity contribution in [2.24, 2.45) is 29.1 Å². The highest BCUT2D eigenvalue weighted by molar-refractivity contribution is 5.91. The van der Waals surface area contributed by atoms with Gasteiger partial charge >= 0.3 is 29.8 Å². The van der Waals surface area contributed by atoms with Crippen LogP contribution in [0.1, 0.15) is 122 Å². The van der Waals surface area contributed by atoms with E-state index in [9.17, 15) is 38.7 Å². The topological polar surface area (TPSA) is 226 Å². The molecule has 1 N–H and O–H groups in total. The van der Waals surface area contributed by atoms with E-state index in [0.29, 0.717) is 18.3 Å². The summed E-state index contributed by atoms with van der Waals surface area (Å²) < 4.78 is 55.2. The Morgan fingerprint density at radius 1 is 0.896 bits per heavy atom. The molecule has 0 amide bonds. The van der Waals surface area contributed by atoms with Gasteiger partial charge in [-0.3, -0.25) is 28.8 Å². The van der Waals surface area contributed by atoms with Crippen molar-refractivity contribution < 1.29 is 81.3 Å². The number of ketones is 1. The van der Waals surface area contributed by atoms with Gasteiger partial charge in [0.2, 0.25) is 0 Å². The monoisotopic (exact) mass is 952 g/mol. The molecule has 16 unspecified atom stereocenters. The predicted molar refractivity (Wildman–Crippen MR) is 242 cm³/mol. The van der Waals surface area contributed by atoms with Crippen LogP contribution in [-0.4, -0.2) is 146 Å². The molecule has 16 atom stereocenters. The second-order valence-electron chi connectivity index (χ2n) is 19.9. The van der Waals surface area contributed by atoms with Gasteiger partial charge in [-0.1, -0.05) is 38.5 Å². The third kappa shape index (κ3) is 16.5. The summed E-state index contributed by atoms with van der Waals surface area (Å²) in [5.41, 5.74) is -1.75. The number of nitrogens with zero attached hydrogens (tertiary/aromatic N) is 1. The molecular formula is C49H77NO17. The Labute approximate surface area is 396 Å². The van der Waals surface area contributed by atoms with Crippen LogP contribution < -0.4 is 0 Å². The molecule has 0 aromatic heterocycles. The molecule has 3 aliphatic rings. The first-order valence-electron chi connectivity index (χ1n) is 23.3. The Bertz CT molecular complexity index is 1790. The molecule has 3 rings (SSSR count). The van der Waals surface area contributed by atoms with Crippen LogP contribution in [-0.2, 0) is 76.2 Å². The van der Waals surface area contributed by atoms with Crippen molar-refractivity contribution in [3.05, 3.63) is 23.8 Å². The molecule has 0 aliphatic carbocycles. The number of cyclic esters (lactones) is 1. The van der Waals surface area contributed by atoms with Gasteiger partial charge in [0.15, 0.2) is 30.6 Å². The summed E-state index contributed by atoms with van der Waals surface area (Å²) in [6, 6.07) is -0.795. The Balaban J connectivity index is 2.11. The summed E-state index contributed by atoms with van der Waals surface area (Å²) in [4.78, 5) is 92.3. The van der Waals surface area contributed by atoms with Crippen molar-refractivity contribution in [1.29, 1.82) is 0 Å². The second kappa shape index (κ2) is 25.0. The molecule has 0 saturated carbocycles. The smallest absolute Gasteiger partial charge is 0.311 e. The van der Waals surface area contributed by atoms with Gasteiger partial charge in [-0.15, -0.1) is 0 Å². The van der Waals surface area contributed by atoms with E-state index in [2.05, 4.69) is 0 Å². The lowest BCUT2D eigenvalue weighted by atomic mass is 9.79. The maximum absolute atomic E-state index is 13.9. The Morgan fingerprint density at radius 3 is 2.07 bits per heavy atom. The molecule has 18 heteroatoms. The van der Waals surface area contributed by atoms with Gasteiger partial charge in [-0.25, -0.2) is 0 Å². The number of carbonyl (C=O) groups excluding carboxylic acids is 7. The third-order valence-electron chi connectivity index (χ3n) is 12.5. The summed E-state index contributed by atoms with van der Waals surface area (Å²) >= 11 is 0. The Morgan fingerprint density at radius 2 is 1.54 bits per heavy atom. The number of hydrogen-bond donors (Lipinski definition) is 1. The molecule has 0 bridgehead atoms. The van der Waals surface area contributed by atoms with Crippen LogP contribution in [0, 0.1) is 29.1 Å². The second-order valence-corrected chi connectivity index (χ2v) is 19.9. The minimum Gasteiger partial charge on any atom is -0.465 e. The first kappa shape index (κ1) is 57.2. The number of likely N-dealkylation sites (N-methyl/N-ethyl adjacent to an activating group) is 1. The fourth-order valence-corrected chi connectivity index (χ4v) is 9.02. The SMILES string of the molecule is CCC1OC(=O)CC(OC(C)=O)C(C)C(OC2OC(C)C(OC3CC(C)(O)C(OC(=O)C(C)(C)C)C(C)O3)C(N(C)C)C2OC(C)=O)C(CC=O)CC(C)C(=O)/C=C/C(C)=C/C1COC(C)=O. The highest BCUT2D eigenvalue weighted by atomic mass is 16.7. The molecule has 67 heavy (non-hydrogen) atoms. The number of hydrogen-bond acceptors (Lipinski definition) is 18. The van der Waals surface area contributed by atoms with Gasteiger partial charge in [0.25, 0.3) is 0 Å². The van der Waals surface area contributed by atoms with Crippen LogP contribution in [0.2, 0.25) is 0 Å². The Hall–Kier alpha value is -4.07. The van der Waals surface area contributed by atoms with E-state index >= 15 is 0 Å². The molecule has 0 aromatic carbocycles. The number of ether oxygens (including phenoxy) is 9. The summed E-state index contributed by atoms with van der Waals surface area (Å²) in [6.45, 7) is 20.6. The third-order valence-corrected chi connectivity index (χ3v) is 12.5. The molecule has 3 heterocycles. The van der Waals surface area contributed by atoms with Crippen LogP contribution in [0.4, 0.5) is 0 Å². The van der Waals surface area contributed by atoms with Gasteiger partial charge in [0.05, 0.1) is 36.2 Å². The van der Waals surface area contributed by atoms with Crippen molar-refractivity contribution in [3.8, 4) is 0 Å². The molecule has 2 saturated heterocycles. The maximum atomic E-state index is 13.9. The summed E-state index contributed by atoms with van der Waals surface area (Å²) in [5, 5.41) is 11.6. The zero-order valence-electron chi connectivity index (χ0n) is 42.1. The minimum atomic E-state index is -1.57. The van der Waals surface area contributed by atoms with E-state index in [-0.39, 0.29) is 31.7 Å².